The summed E-state index contributed by atoms with van der Waals surface area (Å²) >= 11 is 0. The van der Waals surface area contributed by atoms with Crippen LogP contribution in [0.3, 0.4) is 0 Å². The fourth-order valence-corrected chi connectivity index (χ4v) is 4.77. The molecule has 1 N–H and O–H groups in total. The van der Waals surface area contributed by atoms with Crippen LogP contribution in [0.25, 0.3) is 0 Å². The minimum absolute atomic E-state index is 0.360. The molecule has 3 aliphatic rings. The van der Waals surface area contributed by atoms with Gasteiger partial charge in [-0.25, -0.2) is 0 Å². The maximum absolute atomic E-state index is 10.9. The second-order valence-electron chi connectivity index (χ2n) is 7.44. The van der Waals surface area contributed by atoms with Gasteiger partial charge in [0, 0.05) is 0 Å². The lowest BCUT2D eigenvalue weighted by Crippen LogP contribution is -2.45. The van der Waals surface area contributed by atoms with Crippen molar-refractivity contribution < 1.29 is 5.11 Å². The largest absolute Gasteiger partial charge is 0.383 e. The van der Waals surface area contributed by atoms with E-state index in [1.54, 1.807) is 0 Å². The fraction of sp³-hybridized carbons (Fsp3) is 0.867. The molecule has 0 amide bonds. The molecule has 18 heavy (non-hydrogen) atoms. The first-order valence-corrected chi connectivity index (χ1v) is 7.21. The molecule has 3 nitrogen and oxygen atoms in total. The number of aliphatic hydroxyl groups is 1. The van der Waals surface area contributed by atoms with Gasteiger partial charge in [0.05, 0.1) is 12.2 Å². The molecule has 2 aliphatic carbocycles. The van der Waals surface area contributed by atoms with Gasteiger partial charge in [-0.2, -0.15) is 10.2 Å². The van der Waals surface area contributed by atoms with Crippen LogP contribution in [0.4, 0.5) is 0 Å². The van der Waals surface area contributed by atoms with Crippen molar-refractivity contribution >= 4 is 0 Å². The van der Waals surface area contributed by atoms with Gasteiger partial charge in [-0.3, -0.25) is 0 Å². The molecule has 0 spiro atoms. The third-order valence-electron chi connectivity index (χ3n) is 5.15. The molecule has 0 aromatic rings. The maximum Gasteiger partial charge on any atom is 0.109 e. The summed E-state index contributed by atoms with van der Waals surface area (Å²) in [7, 11) is 0. The third-order valence-corrected chi connectivity index (χ3v) is 5.15. The summed E-state index contributed by atoms with van der Waals surface area (Å²) in [6.45, 7) is 7.70. The summed E-state index contributed by atoms with van der Waals surface area (Å²) in [6, 6.07) is 0. The Morgan fingerprint density at radius 1 is 1.22 bits per heavy atom. The molecule has 2 fully saturated rings. The molecule has 100 valence electrons. The van der Waals surface area contributed by atoms with Gasteiger partial charge < -0.3 is 5.11 Å². The summed E-state index contributed by atoms with van der Waals surface area (Å²) in [5.41, 5.74) is 0.513. The second kappa shape index (κ2) is 3.89. The van der Waals surface area contributed by atoms with Gasteiger partial charge >= 0.3 is 0 Å². The zero-order chi connectivity index (χ0) is 13.0. The van der Waals surface area contributed by atoms with E-state index in [4.69, 9.17) is 0 Å². The highest BCUT2D eigenvalue weighted by Crippen LogP contribution is 2.58. The van der Waals surface area contributed by atoms with E-state index in [9.17, 15) is 5.11 Å². The van der Waals surface area contributed by atoms with Crippen LogP contribution in [-0.2, 0) is 0 Å². The van der Waals surface area contributed by atoms with E-state index in [2.05, 4.69) is 31.0 Å². The zero-order valence-electron chi connectivity index (χ0n) is 11.7. The van der Waals surface area contributed by atoms with E-state index < -0.39 is 5.60 Å². The first-order chi connectivity index (χ1) is 8.40. The number of rotatable bonds is 1. The van der Waals surface area contributed by atoms with Crippen molar-refractivity contribution in [2.45, 2.75) is 52.1 Å². The van der Waals surface area contributed by atoms with Crippen LogP contribution in [0.1, 0.15) is 46.5 Å². The molecule has 0 aromatic heterocycles. The first-order valence-electron chi connectivity index (χ1n) is 7.21. The first kappa shape index (κ1) is 12.3. The summed E-state index contributed by atoms with van der Waals surface area (Å²) < 4.78 is 0. The minimum atomic E-state index is -0.687. The monoisotopic (exact) mass is 248 g/mol. The Hall–Kier alpha value is -0.700. The van der Waals surface area contributed by atoms with Crippen LogP contribution >= 0.6 is 0 Å². The predicted octanol–water partition coefficient (Wildman–Crippen LogP) is 3.55. The van der Waals surface area contributed by atoms with E-state index >= 15 is 0 Å². The molecule has 0 radical (unpaired) electrons. The van der Waals surface area contributed by atoms with Crippen molar-refractivity contribution in [1.82, 2.24) is 0 Å². The van der Waals surface area contributed by atoms with Crippen molar-refractivity contribution in [1.29, 1.82) is 0 Å². The third kappa shape index (κ3) is 1.83. The zero-order valence-corrected chi connectivity index (χ0v) is 11.7. The molecule has 3 rings (SSSR count). The fourth-order valence-electron chi connectivity index (χ4n) is 4.77. The van der Waals surface area contributed by atoms with Crippen molar-refractivity contribution in [2.24, 2.45) is 33.4 Å². The Balaban J connectivity index is 1.85. The van der Waals surface area contributed by atoms with E-state index in [1.807, 2.05) is 6.08 Å². The topological polar surface area (TPSA) is 45.0 Å². The smallest absolute Gasteiger partial charge is 0.109 e. The lowest BCUT2D eigenvalue weighted by atomic mass is 9.61. The highest BCUT2D eigenvalue weighted by molar-refractivity contribution is 5.21. The van der Waals surface area contributed by atoms with Gasteiger partial charge in [0.15, 0.2) is 0 Å². The molecular formula is C15H24N2O. The van der Waals surface area contributed by atoms with Crippen LogP contribution in [-0.4, -0.2) is 17.3 Å². The highest BCUT2D eigenvalue weighted by atomic mass is 16.3. The molecule has 0 saturated heterocycles. The average Bonchev–Trinajstić information content (AvgIpc) is 2.85. The van der Waals surface area contributed by atoms with E-state index in [1.165, 1.54) is 12.8 Å². The van der Waals surface area contributed by atoms with Crippen LogP contribution in [0.2, 0.25) is 0 Å². The van der Waals surface area contributed by atoms with Crippen molar-refractivity contribution in [3.8, 4) is 0 Å². The van der Waals surface area contributed by atoms with E-state index in [0.29, 0.717) is 23.8 Å². The molecule has 3 unspecified atom stereocenters. The van der Waals surface area contributed by atoms with Crippen molar-refractivity contribution in [3.05, 3.63) is 11.8 Å². The van der Waals surface area contributed by atoms with Gasteiger partial charge in [-0.15, -0.1) is 0 Å². The standard InChI is InChI=1S/C15H24N2O/c1-14(2,3)13-10-4-5-11(13)9-15(18,8-10)12-6-7-16-17-12/h6,10-11,13,18H,4-5,7-9H2,1-3H3/t10-,11?,13?,15?/m1/s1. The van der Waals surface area contributed by atoms with E-state index in [0.717, 1.165) is 24.5 Å². The Bertz CT molecular complexity index is 391. The number of hydrogen-bond acceptors (Lipinski definition) is 3. The van der Waals surface area contributed by atoms with E-state index in [-0.39, 0.29) is 0 Å². The summed E-state index contributed by atoms with van der Waals surface area (Å²) in [5, 5.41) is 19.1. The summed E-state index contributed by atoms with van der Waals surface area (Å²) in [4.78, 5) is 0. The number of hydrogen-bond donors (Lipinski definition) is 1. The molecule has 1 aliphatic heterocycles. The lowest BCUT2D eigenvalue weighted by molar-refractivity contribution is -0.0400. The number of fused-ring (bicyclic) bond motifs is 2. The Kier molecular flexibility index (Phi) is 2.67. The Morgan fingerprint density at radius 3 is 2.28 bits per heavy atom. The highest BCUT2D eigenvalue weighted by Gasteiger charge is 2.53. The van der Waals surface area contributed by atoms with Gasteiger partial charge in [-0.05, 0) is 54.9 Å². The normalized spacial score (nSPS) is 43.3. The van der Waals surface area contributed by atoms with Crippen molar-refractivity contribution in [2.75, 3.05) is 6.54 Å². The lowest BCUT2D eigenvalue weighted by Gasteiger charge is -2.46. The van der Waals surface area contributed by atoms with Crippen LogP contribution < -0.4 is 0 Å². The second-order valence-corrected chi connectivity index (χ2v) is 7.44. The molecule has 2 saturated carbocycles. The van der Waals surface area contributed by atoms with Crippen LogP contribution in [0.15, 0.2) is 22.0 Å². The van der Waals surface area contributed by atoms with Crippen LogP contribution in [0.5, 0.6) is 0 Å². The summed E-state index contributed by atoms with van der Waals surface area (Å²) in [5.74, 6) is 2.08. The number of azo groups is 1. The quantitative estimate of drug-likeness (QED) is 0.757. The molecule has 1 heterocycles. The van der Waals surface area contributed by atoms with Gasteiger partial charge in [0.2, 0.25) is 0 Å². The van der Waals surface area contributed by atoms with Gasteiger partial charge in [0.1, 0.15) is 5.60 Å². The molecule has 0 aromatic carbocycles. The molecule has 2 bridgehead atoms. The summed E-state index contributed by atoms with van der Waals surface area (Å²) in [6.07, 6.45) is 6.32. The Labute approximate surface area is 109 Å². The molecule has 3 heteroatoms. The SMILES string of the molecule is CC(C)(C)C1C2CC[C@@H]1CC(O)(C1=CCN=N1)C2. The van der Waals surface area contributed by atoms with Crippen molar-refractivity contribution in [3.63, 3.8) is 0 Å². The van der Waals surface area contributed by atoms with Crippen LogP contribution in [0, 0.1) is 23.2 Å². The number of nitrogens with zero attached hydrogens (tertiary/aromatic N) is 2. The predicted molar refractivity (Wildman–Crippen MR) is 71.1 cm³/mol. The average molecular weight is 248 g/mol. The Morgan fingerprint density at radius 2 is 1.83 bits per heavy atom. The maximum atomic E-state index is 10.9. The molecule has 4 atom stereocenters. The molecular weight excluding hydrogens is 224 g/mol. The minimum Gasteiger partial charge on any atom is -0.383 e. The van der Waals surface area contributed by atoms with Gasteiger partial charge in [-0.1, -0.05) is 20.8 Å². The van der Waals surface area contributed by atoms with Gasteiger partial charge in [0.25, 0.3) is 0 Å².